The first-order valence-corrected chi connectivity index (χ1v) is 5.35. The molecule has 2 aromatic rings. The number of benzene rings is 1. The number of fused-ring (bicyclic) bond motifs is 1. The maximum Gasteiger partial charge on any atom is 0.0337 e. The maximum atomic E-state index is 2.52. The van der Waals surface area contributed by atoms with E-state index in [0.29, 0.717) is 0 Å². The summed E-state index contributed by atoms with van der Waals surface area (Å²) < 4.78 is 2.52. The lowest BCUT2D eigenvalue weighted by Gasteiger charge is -2.05. The molecule has 0 unspecified atom stereocenters. The third-order valence-corrected chi connectivity index (χ3v) is 3.34. The molecule has 0 bridgehead atoms. The van der Waals surface area contributed by atoms with E-state index < -0.39 is 0 Å². The third-order valence-electron chi connectivity index (χ3n) is 3.34. The summed E-state index contributed by atoms with van der Waals surface area (Å²) >= 11 is 0. The Hall–Kier alpha value is -1.24. The Balaban J connectivity index is 2.38. The first kappa shape index (κ1) is 8.10. The zero-order valence-electron chi connectivity index (χ0n) is 8.75. The van der Waals surface area contributed by atoms with Gasteiger partial charge in [0.2, 0.25) is 0 Å². The molecule has 0 amide bonds. The molecule has 14 heavy (non-hydrogen) atoms. The predicted octanol–water partition coefficient (Wildman–Crippen LogP) is 3.59. The Morgan fingerprint density at radius 3 is 1.93 bits per heavy atom. The molecule has 1 fully saturated rings. The van der Waals surface area contributed by atoms with Gasteiger partial charge in [0.15, 0.2) is 0 Å². The molecular formula is C13H15N. The third kappa shape index (κ3) is 0.955. The summed E-state index contributed by atoms with van der Waals surface area (Å²) in [4.78, 5) is 0. The standard InChI is InChI=1S/C13H15N/c1-9-12-5-3-4-6-13(12)10(2)14(9)11-7-8-11/h3-6,11H,7-8H2,1-2H3. The van der Waals surface area contributed by atoms with E-state index in [0.717, 1.165) is 6.04 Å². The van der Waals surface area contributed by atoms with Crippen molar-refractivity contribution >= 4 is 10.8 Å². The van der Waals surface area contributed by atoms with Crippen LogP contribution in [0.5, 0.6) is 0 Å². The van der Waals surface area contributed by atoms with E-state index >= 15 is 0 Å². The summed E-state index contributed by atoms with van der Waals surface area (Å²) in [5.41, 5.74) is 2.89. The summed E-state index contributed by atoms with van der Waals surface area (Å²) in [5, 5.41) is 2.86. The molecular weight excluding hydrogens is 170 g/mol. The minimum Gasteiger partial charge on any atom is -0.345 e. The summed E-state index contributed by atoms with van der Waals surface area (Å²) in [6.45, 7) is 4.49. The van der Waals surface area contributed by atoms with Crippen LogP contribution in [0, 0.1) is 13.8 Å². The van der Waals surface area contributed by atoms with Crippen LogP contribution in [0.2, 0.25) is 0 Å². The van der Waals surface area contributed by atoms with Crippen LogP contribution in [-0.2, 0) is 0 Å². The molecule has 1 saturated carbocycles. The van der Waals surface area contributed by atoms with Crippen molar-refractivity contribution in [3.8, 4) is 0 Å². The van der Waals surface area contributed by atoms with E-state index in [1.165, 1.54) is 35.0 Å². The summed E-state index contributed by atoms with van der Waals surface area (Å²) in [5.74, 6) is 0. The average molecular weight is 185 g/mol. The second-order valence-corrected chi connectivity index (χ2v) is 4.32. The van der Waals surface area contributed by atoms with E-state index in [1.54, 1.807) is 0 Å². The molecule has 0 radical (unpaired) electrons. The fraction of sp³-hybridized carbons (Fsp3) is 0.385. The zero-order valence-corrected chi connectivity index (χ0v) is 8.75. The number of hydrogen-bond acceptors (Lipinski definition) is 0. The lowest BCUT2D eigenvalue weighted by Crippen LogP contribution is -1.97. The van der Waals surface area contributed by atoms with Crippen molar-refractivity contribution in [3.63, 3.8) is 0 Å². The number of aryl methyl sites for hydroxylation is 2. The van der Waals surface area contributed by atoms with Crippen LogP contribution in [0.3, 0.4) is 0 Å². The number of aromatic nitrogens is 1. The molecule has 0 spiro atoms. The van der Waals surface area contributed by atoms with Gasteiger partial charge in [-0.2, -0.15) is 0 Å². The first-order chi connectivity index (χ1) is 6.79. The highest BCUT2D eigenvalue weighted by molar-refractivity contribution is 5.88. The Morgan fingerprint density at radius 2 is 1.50 bits per heavy atom. The smallest absolute Gasteiger partial charge is 0.0337 e. The quantitative estimate of drug-likeness (QED) is 0.639. The van der Waals surface area contributed by atoms with Gasteiger partial charge in [0.1, 0.15) is 0 Å². The van der Waals surface area contributed by atoms with Gasteiger partial charge in [0.25, 0.3) is 0 Å². The van der Waals surface area contributed by atoms with Gasteiger partial charge >= 0.3 is 0 Å². The Kier molecular flexibility index (Phi) is 1.52. The zero-order chi connectivity index (χ0) is 9.71. The van der Waals surface area contributed by atoms with Crippen LogP contribution in [0.25, 0.3) is 10.8 Å². The lowest BCUT2D eigenvalue weighted by atomic mass is 10.1. The first-order valence-electron chi connectivity index (χ1n) is 5.35. The minimum atomic E-state index is 0.794. The molecule has 1 heteroatoms. The summed E-state index contributed by atoms with van der Waals surface area (Å²) in [7, 11) is 0. The van der Waals surface area contributed by atoms with E-state index in [1.807, 2.05) is 0 Å². The highest BCUT2D eigenvalue weighted by atomic mass is 15.1. The number of rotatable bonds is 1. The van der Waals surface area contributed by atoms with Crippen LogP contribution in [-0.4, -0.2) is 4.57 Å². The van der Waals surface area contributed by atoms with Crippen molar-refractivity contribution in [2.45, 2.75) is 32.7 Å². The van der Waals surface area contributed by atoms with Crippen molar-refractivity contribution in [2.75, 3.05) is 0 Å². The van der Waals surface area contributed by atoms with Crippen molar-refractivity contribution < 1.29 is 0 Å². The molecule has 1 aromatic carbocycles. The van der Waals surface area contributed by atoms with E-state index in [-0.39, 0.29) is 0 Å². The van der Waals surface area contributed by atoms with Crippen molar-refractivity contribution in [3.05, 3.63) is 35.7 Å². The van der Waals surface area contributed by atoms with Crippen molar-refractivity contribution in [1.82, 2.24) is 4.57 Å². The largest absolute Gasteiger partial charge is 0.345 e. The Labute approximate surface area is 84.4 Å². The van der Waals surface area contributed by atoms with Gasteiger partial charge in [0.05, 0.1) is 0 Å². The van der Waals surface area contributed by atoms with Crippen molar-refractivity contribution in [1.29, 1.82) is 0 Å². The van der Waals surface area contributed by atoms with E-state index in [4.69, 9.17) is 0 Å². The van der Waals surface area contributed by atoms with Crippen LogP contribution in [0.4, 0.5) is 0 Å². The molecule has 1 heterocycles. The molecule has 1 aliphatic rings. The fourth-order valence-electron chi connectivity index (χ4n) is 2.51. The molecule has 1 aliphatic carbocycles. The van der Waals surface area contributed by atoms with Gasteiger partial charge in [-0.3, -0.25) is 0 Å². The number of hydrogen-bond donors (Lipinski definition) is 0. The average Bonchev–Trinajstić information content (AvgIpc) is 2.99. The Bertz CT molecular complexity index is 450. The van der Waals surface area contributed by atoms with Crippen LogP contribution in [0.1, 0.15) is 30.3 Å². The molecule has 1 nitrogen and oxygen atoms in total. The molecule has 1 aromatic heterocycles. The molecule has 0 N–H and O–H groups in total. The van der Waals surface area contributed by atoms with E-state index in [2.05, 4.69) is 42.7 Å². The highest BCUT2D eigenvalue weighted by Crippen LogP contribution is 2.40. The Morgan fingerprint density at radius 1 is 1.00 bits per heavy atom. The number of nitrogens with zero attached hydrogens (tertiary/aromatic N) is 1. The topological polar surface area (TPSA) is 4.93 Å². The van der Waals surface area contributed by atoms with Crippen LogP contribution in [0.15, 0.2) is 24.3 Å². The lowest BCUT2D eigenvalue weighted by molar-refractivity contribution is 0.704. The molecule has 0 saturated heterocycles. The van der Waals surface area contributed by atoms with Gasteiger partial charge in [0, 0.05) is 28.2 Å². The highest BCUT2D eigenvalue weighted by Gasteiger charge is 2.27. The normalized spacial score (nSPS) is 16.4. The van der Waals surface area contributed by atoms with Gasteiger partial charge in [-0.05, 0) is 26.7 Å². The van der Waals surface area contributed by atoms with E-state index in [9.17, 15) is 0 Å². The predicted molar refractivity (Wildman–Crippen MR) is 59.7 cm³/mol. The maximum absolute atomic E-state index is 2.52. The molecule has 3 rings (SSSR count). The SMILES string of the molecule is Cc1c2ccccc2c(C)n1C1CC1. The van der Waals surface area contributed by atoms with Crippen LogP contribution < -0.4 is 0 Å². The van der Waals surface area contributed by atoms with Crippen molar-refractivity contribution in [2.24, 2.45) is 0 Å². The minimum absolute atomic E-state index is 0.794. The van der Waals surface area contributed by atoms with Gasteiger partial charge in [-0.1, -0.05) is 24.3 Å². The summed E-state index contributed by atoms with van der Waals surface area (Å²) in [6, 6.07) is 9.52. The second kappa shape index (κ2) is 2.63. The molecule has 72 valence electrons. The summed E-state index contributed by atoms with van der Waals surface area (Å²) in [6.07, 6.45) is 2.73. The van der Waals surface area contributed by atoms with Gasteiger partial charge in [-0.25, -0.2) is 0 Å². The van der Waals surface area contributed by atoms with Gasteiger partial charge in [-0.15, -0.1) is 0 Å². The monoisotopic (exact) mass is 185 g/mol. The molecule has 0 atom stereocenters. The fourth-order valence-corrected chi connectivity index (χ4v) is 2.51. The van der Waals surface area contributed by atoms with Crippen LogP contribution >= 0.6 is 0 Å². The van der Waals surface area contributed by atoms with Gasteiger partial charge < -0.3 is 4.57 Å². The molecule has 0 aliphatic heterocycles. The second-order valence-electron chi connectivity index (χ2n) is 4.32.